The number of cyclic esters (lactones) is 2. The van der Waals surface area contributed by atoms with Crippen LogP contribution >= 0.6 is 0 Å². The molecule has 8 nitrogen and oxygen atoms in total. The van der Waals surface area contributed by atoms with Gasteiger partial charge < -0.3 is 29.2 Å². The second kappa shape index (κ2) is 6.34. The number of rotatable bonds is 4. The molecule has 0 spiro atoms. The first-order chi connectivity index (χ1) is 11.7. The van der Waals surface area contributed by atoms with Crippen LogP contribution in [0.15, 0.2) is 0 Å². The average molecular weight is 356 g/mol. The van der Waals surface area contributed by atoms with E-state index in [1.807, 2.05) is 0 Å². The lowest BCUT2D eigenvalue weighted by Gasteiger charge is -2.46. The largest absolute Gasteiger partial charge is 0.462 e. The van der Waals surface area contributed by atoms with E-state index < -0.39 is 41.4 Å². The minimum Gasteiger partial charge on any atom is -0.462 e. The Bertz CT molecular complexity index is 577. The van der Waals surface area contributed by atoms with Crippen LogP contribution in [-0.2, 0) is 28.6 Å². The summed E-state index contributed by atoms with van der Waals surface area (Å²) in [5.74, 6) is -1.24. The number of hydrogen-bond donors (Lipinski definition) is 2. The Morgan fingerprint density at radius 3 is 2.60 bits per heavy atom. The lowest BCUT2D eigenvalue weighted by molar-refractivity contribution is -0.172. The molecule has 3 saturated heterocycles. The Kier molecular flexibility index (Phi) is 4.63. The van der Waals surface area contributed by atoms with Crippen molar-refractivity contribution in [2.24, 2.45) is 16.7 Å². The van der Waals surface area contributed by atoms with Crippen LogP contribution in [0.2, 0.25) is 0 Å². The minimum absolute atomic E-state index is 0.0450. The van der Waals surface area contributed by atoms with E-state index in [2.05, 4.69) is 0 Å². The molecule has 0 aromatic carbocycles. The Hall–Kier alpha value is -1.51. The molecule has 2 bridgehead atoms. The topological polar surface area (TPSA) is 119 Å². The number of hydrogen-bond acceptors (Lipinski definition) is 8. The summed E-state index contributed by atoms with van der Waals surface area (Å²) in [5.41, 5.74) is -2.18. The fourth-order valence-corrected chi connectivity index (χ4v) is 4.63. The molecule has 7 atom stereocenters. The number of carbonyl (C=O) groups excluding carboxylic acids is 3. The van der Waals surface area contributed by atoms with Gasteiger partial charge in [-0.2, -0.15) is 0 Å². The van der Waals surface area contributed by atoms with E-state index in [1.165, 1.54) is 0 Å². The molecule has 0 aromatic rings. The molecule has 140 valence electrons. The van der Waals surface area contributed by atoms with E-state index in [9.17, 15) is 24.6 Å². The number of fused-ring (bicyclic) bond motifs is 2. The first-order valence-corrected chi connectivity index (χ1v) is 8.56. The van der Waals surface area contributed by atoms with E-state index in [4.69, 9.17) is 14.2 Å². The van der Waals surface area contributed by atoms with Crippen molar-refractivity contribution in [1.29, 1.82) is 0 Å². The van der Waals surface area contributed by atoms with Crippen LogP contribution in [0.5, 0.6) is 0 Å². The molecule has 0 amide bonds. The molecule has 3 aliphatic rings. The molecule has 3 aliphatic heterocycles. The molecule has 8 heteroatoms. The highest BCUT2D eigenvalue weighted by atomic mass is 16.6. The van der Waals surface area contributed by atoms with Crippen LogP contribution in [0.3, 0.4) is 0 Å². The van der Waals surface area contributed by atoms with E-state index in [-0.39, 0.29) is 37.8 Å². The maximum atomic E-state index is 12.4. The molecule has 5 unspecified atom stereocenters. The van der Waals surface area contributed by atoms with E-state index >= 15 is 0 Å². The SMILES string of the molecule is C[C@H]1CC(CC2(C)C3OC(O)C2(CC=O)C[C@@H](O)COC3=O)OC1=O. The third-order valence-corrected chi connectivity index (χ3v) is 6.09. The fourth-order valence-electron chi connectivity index (χ4n) is 4.63. The molecular formula is C17H24O8. The first kappa shape index (κ1) is 18.3. The third-order valence-electron chi connectivity index (χ3n) is 6.09. The summed E-state index contributed by atoms with van der Waals surface area (Å²) >= 11 is 0. The highest BCUT2D eigenvalue weighted by Gasteiger charge is 2.67. The summed E-state index contributed by atoms with van der Waals surface area (Å²) in [6.07, 6.45) is -2.61. The van der Waals surface area contributed by atoms with Gasteiger partial charge in [-0.25, -0.2) is 4.79 Å². The van der Waals surface area contributed by atoms with Gasteiger partial charge in [-0.05, 0) is 19.3 Å². The Morgan fingerprint density at radius 1 is 1.28 bits per heavy atom. The second-order valence-electron chi connectivity index (χ2n) is 7.70. The van der Waals surface area contributed by atoms with E-state index in [1.54, 1.807) is 13.8 Å². The Labute approximate surface area is 145 Å². The molecule has 3 heterocycles. The zero-order valence-electron chi connectivity index (χ0n) is 14.3. The maximum absolute atomic E-state index is 12.4. The number of esters is 2. The van der Waals surface area contributed by atoms with Gasteiger partial charge in [0.1, 0.15) is 19.0 Å². The summed E-state index contributed by atoms with van der Waals surface area (Å²) in [5, 5.41) is 20.8. The fraction of sp³-hybridized carbons (Fsp3) is 0.824. The predicted octanol–water partition coefficient (Wildman–Crippen LogP) is -0.0652. The van der Waals surface area contributed by atoms with Crippen molar-refractivity contribution in [3.63, 3.8) is 0 Å². The average Bonchev–Trinajstić information content (AvgIpc) is 2.96. The van der Waals surface area contributed by atoms with E-state index in [0.29, 0.717) is 12.7 Å². The van der Waals surface area contributed by atoms with Gasteiger partial charge >= 0.3 is 11.9 Å². The smallest absolute Gasteiger partial charge is 0.336 e. The van der Waals surface area contributed by atoms with Crippen molar-refractivity contribution in [2.45, 2.75) is 64.1 Å². The van der Waals surface area contributed by atoms with Gasteiger partial charge in [0.05, 0.1) is 12.0 Å². The van der Waals surface area contributed by atoms with Gasteiger partial charge in [0.15, 0.2) is 12.4 Å². The van der Waals surface area contributed by atoms with Crippen molar-refractivity contribution < 1.29 is 38.8 Å². The van der Waals surface area contributed by atoms with Crippen LogP contribution in [0.1, 0.15) is 39.5 Å². The summed E-state index contributed by atoms with van der Waals surface area (Å²) in [7, 11) is 0. The van der Waals surface area contributed by atoms with Gasteiger partial charge in [0.25, 0.3) is 0 Å². The highest BCUT2D eigenvalue weighted by molar-refractivity contribution is 5.77. The molecule has 0 saturated carbocycles. The second-order valence-corrected chi connectivity index (χ2v) is 7.70. The summed E-state index contributed by atoms with van der Waals surface area (Å²) in [6.45, 7) is 3.28. The zero-order chi connectivity index (χ0) is 18.4. The van der Waals surface area contributed by atoms with Gasteiger partial charge in [0, 0.05) is 17.3 Å². The zero-order valence-corrected chi connectivity index (χ0v) is 14.3. The lowest BCUT2D eigenvalue weighted by atomic mass is 9.56. The Morgan fingerprint density at radius 2 is 2.00 bits per heavy atom. The van der Waals surface area contributed by atoms with Crippen LogP contribution in [0.4, 0.5) is 0 Å². The summed E-state index contributed by atoms with van der Waals surface area (Å²) in [4.78, 5) is 35.5. The number of aldehydes is 1. The molecule has 25 heavy (non-hydrogen) atoms. The molecule has 3 fully saturated rings. The predicted molar refractivity (Wildman–Crippen MR) is 82.0 cm³/mol. The number of carbonyl (C=O) groups is 3. The van der Waals surface area contributed by atoms with Crippen molar-refractivity contribution in [2.75, 3.05) is 6.61 Å². The number of aliphatic hydroxyl groups is 2. The maximum Gasteiger partial charge on any atom is 0.336 e. The van der Waals surface area contributed by atoms with Crippen molar-refractivity contribution >= 4 is 18.2 Å². The van der Waals surface area contributed by atoms with Crippen LogP contribution in [0, 0.1) is 16.7 Å². The van der Waals surface area contributed by atoms with Crippen molar-refractivity contribution in [3.8, 4) is 0 Å². The summed E-state index contributed by atoms with van der Waals surface area (Å²) in [6, 6.07) is 0. The molecule has 0 aromatic heterocycles. The van der Waals surface area contributed by atoms with Crippen LogP contribution < -0.4 is 0 Å². The highest BCUT2D eigenvalue weighted by Crippen LogP contribution is 2.60. The molecule has 0 radical (unpaired) electrons. The monoisotopic (exact) mass is 356 g/mol. The van der Waals surface area contributed by atoms with Crippen LogP contribution in [0.25, 0.3) is 0 Å². The normalized spacial score (nSPS) is 47.0. The standard InChI is InChI=1S/C17H24O8/c1-9-5-11(24-13(9)20)7-16(2)12-14(21)23-8-10(19)6-17(16,3-4-18)15(22)25-12/h4,9-12,15,19,22H,3,5-8H2,1-2H3/t9-,10+,11?,12?,15?,16?,17?/m0/s1. The third kappa shape index (κ3) is 2.76. The number of aliphatic hydroxyl groups excluding tert-OH is 2. The van der Waals surface area contributed by atoms with Gasteiger partial charge in [0.2, 0.25) is 0 Å². The molecule has 0 aliphatic carbocycles. The van der Waals surface area contributed by atoms with Crippen LogP contribution in [-0.4, -0.2) is 59.6 Å². The van der Waals surface area contributed by atoms with Crippen molar-refractivity contribution in [3.05, 3.63) is 0 Å². The lowest BCUT2D eigenvalue weighted by Crippen LogP contribution is -2.53. The summed E-state index contributed by atoms with van der Waals surface area (Å²) < 4.78 is 16.0. The van der Waals surface area contributed by atoms with E-state index in [0.717, 1.165) is 0 Å². The first-order valence-electron chi connectivity index (χ1n) is 8.56. The van der Waals surface area contributed by atoms with Crippen molar-refractivity contribution in [1.82, 2.24) is 0 Å². The number of ether oxygens (including phenoxy) is 3. The molecular weight excluding hydrogens is 332 g/mol. The molecule has 3 rings (SSSR count). The van der Waals surface area contributed by atoms with Gasteiger partial charge in [-0.3, -0.25) is 4.79 Å². The molecule has 2 N–H and O–H groups in total. The van der Waals surface area contributed by atoms with Gasteiger partial charge in [-0.1, -0.05) is 13.8 Å². The van der Waals surface area contributed by atoms with Gasteiger partial charge in [-0.15, -0.1) is 0 Å². The quantitative estimate of drug-likeness (QED) is 0.531. The Balaban J connectivity index is 2.00. The minimum atomic E-state index is -1.40.